The molecule has 0 aliphatic carbocycles. The van der Waals surface area contributed by atoms with Gasteiger partial charge < -0.3 is 15.1 Å². The summed E-state index contributed by atoms with van der Waals surface area (Å²) in [5, 5.41) is 2.84. The van der Waals surface area contributed by atoms with E-state index in [4.69, 9.17) is 0 Å². The topological polar surface area (TPSA) is 44.3 Å². The second kappa shape index (κ2) is 7.09. The summed E-state index contributed by atoms with van der Waals surface area (Å²) in [5.74, 6) is -0.146. The minimum Gasteiger partial charge on any atom is -0.354 e. The first-order valence-electron chi connectivity index (χ1n) is 8.10. The van der Waals surface area contributed by atoms with E-state index in [0.29, 0.717) is 5.95 Å². The molecule has 1 aliphatic rings. The molecular formula is C17H21F2N5. The Labute approximate surface area is 140 Å². The van der Waals surface area contributed by atoms with Crippen LogP contribution >= 0.6 is 0 Å². The van der Waals surface area contributed by atoms with E-state index in [-0.39, 0.29) is 5.69 Å². The zero-order chi connectivity index (χ0) is 17.1. The van der Waals surface area contributed by atoms with E-state index >= 15 is 0 Å². The van der Waals surface area contributed by atoms with Gasteiger partial charge in [-0.05, 0) is 25.6 Å². The number of aryl methyl sites for hydroxylation is 1. The molecule has 128 valence electrons. The van der Waals surface area contributed by atoms with Gasteiger partial charge in [0, 0.05) is 44.0 Å². The van der Waals surface area contributed by atoms with Crippen LogP contribution in [0.25, 0.3) is 0 Å². The van der Waals surface area contributed by atoms with Crippen LogP contribution in [0.4, 0.5) is 26.2 Å². The van der Waals surface area contributed by atoms with Gasteiger partial charge >= 0.3 is 0 Å². The molecule has 0 unspecified atom stereocenters. The molecule has 0 spiro atoms. The Morgan fingerprint density at radius 3 is 2.50 bits per heavy atom. The largest absolute Gasteiger partial charge is 0.354 e. The van der Waals surface area contributed by atoms with Gasteiger partial charge in [-0.1, -0.05) is 6.92 Å². The molecule has 7 heteroatoms. The number of hydrogen-bond donors (Lipinski definition) is 1. The molecule has 1 aliphatic heterocycles. The standard InChI is InChI=1S/C17H21F2N5/c1-3-23-6-8-24(9-7-23)16-10-12(2)20-17(22-16)21-15-5-4-13(18)11-14(15)19/h4-5,10-11H,3,6-9H2,1-2H3,(H,20,21,22). The first-order chi connectivity index (χ1) is 11.5. The van der Waals surface area contributed by atoms with Crippen LogP contribution in [0, 0.1) is 18.6 Å². The minimum atomic E-state index is -0.668. The minimum absolute atomic E-state index is 0.156. The third kappa shape index (κ3) is 3.79. The fourth-order valence-electron chi connectivity index (χ4n) is 2.77. The normalized spacial score (nSPS) is 15.6. The monoisotopic (exact) mass is 333 g/mol. The van der Waals surface area contributed by atoms with Gasteiger partial charge in [-0.15, -0.1) is 0 Å². The van der Waals surface area contributed by atoms with Crippen LogP contribution in [0.1, 0.15) is 12.6 Å². The molecule has 2 heterocycles. The Hall–Kier alpha value is -2.28. The average molecular weight is 333 g/mol. The molecule has 5 nitrogen and oxygen atoms in total. The highest BCUT2D eigenvalue weighted by Crippen LogP contribution is 2.22. The van der Waals surface area contributed by atoms with Gasteiger partial charge in [-0.25, -0.2) is 13.8 Å². The Balaban J connectivity index is 1.79. The molecule has 0 bridgehead atoms. The summed E-state index contributed by atoms with van der Waals surface area (Å²) in [4.78, 5) is 13.4. The number of hydrogen-bond acceptors (Lipinski definition) is 5. The fraction of sp³-hybridized carbons (Fsp3) is 0.412. The number of halogens is 2. The summed E-state index contributed by atoms with van der Waals surface area (Å²) < 4.78 is 26.8. The highest BCUT2D eigenvalue weighted by molar-refractivity contribution is 5.56. The van der Waals surface area contributed by atoms with E-state index in [2.05, 4.69) is 32.0 Å². The van der Waals surface area contributed by atoms with Gasteiger partial charge in [0.15, 0.2) is 0 Å². The van der Waals surface area contributed by atoms with E-state index in [9.17, 15) is 8.78 Å². The van der Waals surface area contributed by atoms with Crippen molar-refractivity contribution >= 4 is 17.5 Å². The van der Waals surface area contributed by atoms with E-state index in [1.54, 1.807) is 0 Å². The predicted molar refractivity (Wildman–Crippen MR) is 90.7 cm³/mol. The molecular weight excluding hydrogens is 312 g/mol. The number of rotatable bonds is 4. The summed E-state index contributed by atoms with van der Waals surface area (Å²) in [6.45, 7) is 8.86. The summed E-state index contributed by atoms with van der Waals surface area (Å²) in [5.41, 5.74) is 0.951. The molecule has 2 aromatic rings. The number of piperazine rings is 1. The van der Waals surface area contributed by atoms with Gasteiger partial charge in [0.1, 0.15) is 17.5 Å². The molecule has 1 aromatic heterocycles. The molecule has 0 saturated carbocycles. The number of nitrogens with zero attached hydrogens (tertiary/aromatic N) is 4. The summed E-state index contributed by atoms with van der Waals surface area (Å²) in [6.07, 6.45) is 0. The average Bonchev–Trinajstić information content (AvgIpc) is 2.57. The first kappa shape index (κ1) is 16.6. The van der Waals surface area contributed by atoms with Crippen LogP contribution in [0.5, 0.6) is 0 Å². The maximum absolute atomic E-state index is 13.8. The smallest absolute Gasteiger partial charge is 0.229 e. The molecule has 1 fully saturated rings. The van der Waals surface area contributed by atoms with Gasteiger partial charge in [-0.2, -0.15) is 4.98 Å². The predicted octanol–water partition coefficient (Wildman–Crippen LogP) is 2.95. The van der Waals surface area contributed by atoms with Gasteiger partial charge in [0.25, 0.3) is 0 Å². The van der Waals surface area contributed by atoms with Gasteiger partial charge in [0.2, 0.25) is 5.95 Å². The molecule has 0 atom stereocenters. The number of anilines is 3. The number of nitrogens with one attached hydrogen (secondary N) is 1. The lowest BCUT2D eigenvalue weighted by atomic mass is 10.3. The third-order valence-corrected chi connectivity index (χ3v) is 4.16. The Kier molecular flexibility index (Phi) is 4.89. The lowest BCUT2D eigenvalue weighted by molar-refractivity contribution is 0.270. The fourth-order valence-corrected chi connectivity index (χ4v) is 2.77. The van der Waals surface area contributed by atoms with Crippen LogP contribution in [0.2, 0.25) is 0 Å². The second-order valence-corrected chi connectivity index (χ2v) is 5.86. The van der Waals surface area contributed by atoms with Crippen LogP contribution in [0.15, 0.2) is 24.3 Å². The van der Waals surface area contributed by atoms with Crippen molar-refractivity contribution < 1.29 is 8.78 Å². The van der Waals surface area contributed by atoms with Crippen molar-refractivity contribution in [1.29, 1.82) is 0 Å². The van der Waals surface area contributed by atoms with Crippen molar-refractivity contribution in [2.45, 2.75) is 13.8 Å². The maximum Gasteiger partial charge on any atom is 0.229 e. The van der Waals surface area contributed by atoms with E-state index in [1.165, 1.54) is 12.1 Å². The number of likely N-dealkylation sites (N-methyl/N-ethyl adjacent to an activating group) is 1. The lowest BCUT2D eigenvalue weighted by Gasteiger charge is -2.34. The zero-order valence-electron chi connectivity index (χ0n) is 13.9. The van der Waals surface area contributed by atoms with Gasteiger partial charge in [0.05, 0.1) is 5.69 Å². The van der Waals surface area contributed by atoms with Crippen LogP contribution in [-0.4, -0.2) is 47.6 Å². The van der Waals surface area contributed by atoms with E-state index < -0.39 is 11.6 Å². The van der Waals surface area contributed by atoms with Crippen molar-refractivity contribution in [1.82, 2.24) is 14.9 Å². The quantitative estimate of drug-likeness (QED) is 0.932. The molecule has 0 amide bonds. The molecule has 1 saturated heterocycles. The number of aromatic nitrogens is 2. The highest BCUT2D eigenvalue weighted by atomic mass is 19.1. The first-order valence-corrected chi connectivity index (χ1v) is 8.10. The second-order valence-electron chi connectivity index (χ2n) is 5.86. The van der Waals surface area contributed by atoms with Crippen molar-refractivity contribution in [3.05, 3.63) is 41.6 Å². The van der Waals surface area contributed by atoms with Crippen molar-refractivity contribution in [2.24, 2.45) is 0 Å². The van der Waals surface area contributed by atoms with E-state index in [1.807, 2.05) is 13.0 Å². The summed E-state index contributed by atoms with van der Waals surface area (Å²) >= 11 is 0. The summed E-state index contributed by atoms with van der Waals surface area (Å²) in [6, 6.07) is 5.30. The Morgan fingerprint density at radius 2 is 1.83 bits per heavy atom. The van der Waals surface area contributed by atoms with Crippen LogP contribution in [-0.2, 0) is 0 Å². The number of benzene rings is 1. The summed E-state index contributed by atoms with van der Waals surface area (Å²) in [7, 11) is 0. The van der Waals surface area contributed by atoms with Gasteiger partial charge in [-0.3, -0.25) is 0 Å². The maximum atomic E-state index is 13.8. The van der Waals surface area contributed by atoms with Crippen LogP contribution in [0.3, 0.4) is 0 Å². The van der Waals surface area contributed by atoms with E-state index in [0.717, 1.165) is 50.3 Å². The highest BCUT2D eigenvalue weighted by Gasteiger charge is 2.18. The zero-order valence-corrected chi connectivity index (χ0v) is 13.9. The molecule has 1 aromatic carbocycles. The van der Waals surface area contributed by atoms with Crippen molar-refractivity contribution in [3.63, 3.8) is 0 Å². The third-order valence-electron chi connectivity index (χ3n) is 4.16. The van der Waals surface area contributed by atoms with Crippen molar-refractivity contribution in [2.75, 3.05) is 42.9 Å². The SMILES string of the molecule is CCN1CCN(c2cc(C)nc(Nc3ccc(F)cc3F)n2)CC1. The van der Waals surface area contributed by atoms with Crippen molar-refractivity contribution in [3.8, 4) is 0 Å². The Bertz CT molecular complexity index is 714. The van der Waals surface area contributed by atoms with Crippen LogP contribution < -0.4 is 10.2 Å². The molecule has 0 radical (unpaired) electrons. The Morgan fingerprint density at radius 1 is 1.08 bits per heavy atom. The lowest BCUT2D eigenvalue weighted by Crippen LogP contribution is -2.46. The molecule has 3 rings (SSSR count). The molecule has 24 heavy (non-hydrogen) atoms. The molecule has 1 N–H and O–H groups in total.